The number of benzene rings is 1. The Kier molecular flexibility index (Phi) is 9.98. The van der Waals surface area contributed by atoms with Crippen molar-refractivity contribution in [1.29, 1.82) is 0 Å². The van der Waals surface area contributed by atoms with Crippen molar-refractivity contribution in [3.63, 3.8) is 0 Å². The maximum absolute atomic E-state index is 14.6. The summed E-state index contributed by atoms with van der Waals surface area (Å²) in [6, 6.07) is 6.17. The van der Waals surface area contributed by atoms with Crippen LogP contribution in [0.5, 0.6) is 0 Å². The highest BCUT2D eigenvalue weighted by atomic mass is 35.5. The molecule has 8 nitrogen and oxygen atoms in total. The van der Waals surface area contributed by atoms with Crippen LogP contribution in [0.4, 0.5) is 5.69 Å². The molecule has 4 rings (SSSR count). The number of allylic oxidation sites excluding steroid dienone is 1. The number of hydrogen-bond donors (Lipinski definition) is 1. The van der Waals surface area contributed by atoms with Crippen LogP contribution in [-0.4, -0.2) is 71.3 Å². The van der Waals surface area contributed by atoms with Gasteiger partial charge >= 0.3 is 5.97 Å². The molecule has 1 aromatic carbocycles. The largest absolute Gasteiger partial charge is 0.465 e. The molecule has 41 heavy (non-hydrogen) atoms. The molecular formula is C32H43ClN2O6. The molecule has 2 bridgehead atoms. The van der Waals surface area contributed by atoms with Crippen LogP contribution in [0.3, 0.4) is 0 Å². The molecule has 3 fully saturated rings. The van der Waals surface area contributed by atoms with Gasteiger partial charge < -0.3 is 24.4 Å². The fraction of sp³-hybridized carbons (Fsp3) is 0.594. The Morgan fingerprint density at radius 1 is 1.20 bits per heavy atom. The zero-order valence-electron chi connectivity index (χ0n) is 24.2. The minimum absolute atomic E-state index is 0.0785. The molecule has 3 heterocycles. The van der Waals surface area contributed by atoms with Gasteiger partial charge in [0.1, 0.15) is 17.6 Å². The molecule has 3 aliphatic heterocycles. The summed E-state index contributed by atoms with van der Waals surface area (Å²) in [6.07, 6.45) is 8.21. The molecule has 0 saturated carbocycles. The number of anilines is 1. The lowest BCUT2D eigenvalue weighted by Crippen LogP contribution is -2.57. The monoisotopic (exact) mass is 586 g/mol. The van der Waals surface area contributed by atoms with Crippen molar-refractivity contribution < 1.29 is 29.0 Å². The number of para-hydroxylation sites is 1. The van der Waals surface area contributed by atoms with E-state index in [0.29, 0.717) is 42.9 Å². The standard InChI is InChI=1S/C32H43ClN2O6/c1-5-7-14-20-40-30(39)26-25-28(37)35(18-12-8-9-13-19-36)27(32(25)21-22(3)31(26,4)41-32)29(38)34(17-6-2)24-16-11-10-15-23(24)33/h5-6,10-11,15-16,22,25-27,36H,1-2,7-9,12-14,17-21H2,3-4H3/t22?,25-,26-,27?,31+,32?/m0/s1. The third-order valence-corrected chi connectivity index (χ3v) is 9.45. The van der Waals surface area contributed by atoms with Crippen molar-refractivity contribution in [1.82, 2.24) is 4.90 Å². The van der Waals surface area contributed by atoms with Crippen molar-refractivity contribution in [3.8, 4) is 0 Å². The molecule has 2 amide bonds. The van der Waals surface area contributed by atoms with E-state index < -0.39 is 35.0 Å². The minimum Gasteiger partial charge on any atom is -0.465 e. The lowest BCUT2D eigenvalue weighted by Gasteiger charge is -2.37. The first kappa shape index (κ1) is 31.3. The highest BCUT2D eigenvalue weighted by molar-refractivity contribution is 6.34. The summed E-state index contributed by atoms with van der Waals surface area (Å²) in [6.45, 7) is 12.4. The van der Waals surface area contributed by atoms with Gasteiger partial charge in [0.2, 0.25) is 5.91 Å². The molecule has 224 valence electrons. The topological polar surface area (TPSA) is 96.4 Å². The van der Waals surface area contributed by atoms with Crippen LogP contribution in [0.15, 0.2) is 49.6 Å². The molecule has 0 aromatic heterocycles. The average Bonchev–Trinajstić information content (AvgIpc) is 3.46. The number of fused-ring (bicyclic) bond motifs is 1. The van der Waals surface area contributed by atoms with Gasteiger partial charge in [0.05, 0.1) is 28.8 Å². The third kappa shape index (κ3) is 5.58. The van der Waals surface area contributed by atoms with Crippen LogP contribution >= 0.6 is 11.6 Å². The molecule has 3 aliphatic rings. The van der Waals surface area contributed by atoms with Gasteiger partial charge in [-0.25, -0.2) is 0 Å². The van der Waals surface area contributed by atoms with Crippen molar-refractivity contribution in [2.24, 2.45) is 17.8 Å². The molecule has 0 radical (unpaired) electrons. The van der Waals surface area contributed by atoms with E-state index >= 15 is 0 Å². The number of amides is 2. The Morgan fingerprint density at radius 3 is 2.61 bits per heavy atom. The number of unbranched alkanes of at least 4 members (excludes halogenated alkanes) is 4. The van der Waals surface area contributed by atoms with E-state index in [2.05, 4.69) is 13.2 Å². The predicted molar refractivity (Wildman–Crippen MR) is 158 cm³/mol. The van der Waals surface area contributed by atoms with E-state index in [9.17, 15) is 19.5 Å². The molecular weight excluding hydrogens is 544 g/mol. The van der Waals surface area contributed by atoms with Gasteiger partial charge in [-0.1, -0.05) is 55.7 Å². The zero-order chi connectivity index (χ0) is 29.8. The number of halogens is 1. The van der Waals surface area contributed by atoms with Crippen LogP contribution < -0.4 is 4.90 Å². The van der Waals surface area contributed by atoms with Crippen LogP contribution in [0, 0.1) is 17.8 Å². The highest BCUT2D eigenvalue weighted by Crippen LogP contribution is 2.65. The quantitative estimate of drug-likeness (QED) is 0.178. The fourth-order valence-electron chi connectivity index (χ4n) is 7.11. The van der Waals surface area contributed by atoms with E-state index in [-0.39, 0.29) is 37.5 Å². The predicted octanol–water partition coefficient (Wildman–Crippen LogP) is 4.93. The van der Waals surface area contributed by atoms with E-state index in [4.69, 9.17) is 21.1 Å². The van der Waals surface area contributed by atoms with Crippen molar-refractivity contribution in [2.45, 2.75) is 76.0 Å². The Labute approximate surface area is 248 Å². The van der Waals surface area contributed by atoms with Gasteiger partial charge in [0.25, 0.3) is 5.91 Å². The van der Waals surface area contributed by atoms with E-state index in [1.807, 2.05) is 19.9 Å². The summed E-state index contributed by atoms with van der Waals surface area (Å²) in [5.41, 5.74) is -1.58. The van der Waals surface area contributed by atoms with Crippen LogP contribution in [-0.2, 0) is 23.9 Å². The SMILES string of the molecule is C=CCCCOC(=O)[C@@H]1[C@H]2C(=O)N(CCCCCCO)C(C(=O)N(CC=C)c3ccccc3Cl)C23CC(C)[C@@]1(C)O3. The van der Waals surface area contributed by atoms with Crippen LogP contribution in [0.25, 0.3) is 0 Å². The maximum Gasteiger partial charge on any atom is 0.312 e. The number of aliphatic hydroxyl groups is 1. The van der Waals surface area contributed by atoms with Gasteiger partial charge in [-0.05, 0) is 57.1 Å². The van der Waals surface area contributed by atoms with E-state index in [1.165, 1.54) is 0 Å². The van der Waals surface area contributed by atoms with Crippen molar-refractivity contribution >= 4 is 35.1 Å². The number of rotatable bonds is 15. The number of ether oxygens (including phenoxy) is 2. The van der Waals surface area contributed by atoms with Gasteiger partial charge in [-0.2, -0.15) is 0 Å². The number of aliphatic hydroxyl groups excluding tert-OH is 1. The number of nitrogens with zero attached hydrogens (tertiary/aromatic N) is 2. The number of carbonyl (C=O) groups excluding carboxylic acids is 3. The van der Waals surface area contributed by atoms with Gasteiger partial charge in [0, 0.05) is 19.7 Å². The average molecular weight is 587 g/mol. The summed E-state index contributed by atoms with van der Waals surface area (Å²) in [5, 5.41) is 9.59. The smallest absolute Gasteiger partial charge is 0.312 e. The molecule has 1 N–H and O–H groups in total. The van der Waals surface area contributed by atoms with E-state index in [0.717, 1.165) is 19.3 Å². The number of hydrogen-bond acceptors (Lipinski definition) is 6. The first-order valence-corrected chi connectivity index (χ1v) is 15.1. The fourth-order valence-corrected chi connectivity index (χ4v) is 7.35. The van der Waals surface area contributed by atoms with Gasteiger partial charge in [0.15, 0.2) is 0 Å². The molecule has 1 aromatic rings. The summed E-state index contributed by atoms with van der Waals surface area (Å²) < 4.78 is 12.5. The summed E-state index contributed by atoms with van der Waals surface area (Å²) >= 11 is 6.54. The molecule has 9 heteroatoms. The first-order valence-electron chi connectivity index (χ1n) is 14.7. The van der Waals surface area contributed by atoms with Gasteiger partial charge in [-0.15, -0.1) is 13.2 Å². The number of esters is 1. The minimum atomic E-state index is -1.17. The van der Waals surface area contributed by atoms with Crippen LogP contribution in [0.2, 0.25) is 5.02 Å². The second-order valence-corrected chi connectivity index (χ2v) is 12.1. The number of carbonyl (C=O) groups is 3. The Balaban J connectivity index is 1.73. The zero-order valence-corrected chi connectivity index (χ0v) is 25.0. The first-order chi connectivity index (χ1) is 19.7. The second kappa shape index (κ2) is 13.1. The van der Waals surface area contributed by atoms with Crippen molar-refractivity contribution in [2.75, 3.05) is 31.2 Å². The van der Waals surface area contributed by atoms with Gasteiger partial charge in [-0.3, -0.25) is 14.4 Å². The highest BCUT2D eigenvalue weighted by Gasteiger charge is 2.80. The second-order valence-electron chi connectivity index (χ2n) is 11.7. The Bertz CT molecular complexity index is 1160. The summed E-state index contributed by atoms with van der Waals surface area (Å²) in [5.74, 6) is -2.71. The normalized spacial score (nSPS) is 29.9. The maximum atomic E-state index is 14.6. The molecule has 3 saturated heterocycles. The van der Waals surface area contributed by atoms with Crippen LogP contribution in [0.1, 0.15) is 58.8 Å². The molecule has 1 spiro atoms. The third-order valence-electron chi connectivity index (χ3n) is 9.13. The molecule has 6 atom stereocenters. The lowest BCUT2D eigenvalue weighted by molar-refractivity contribution is -0.161. The van der Waals surface area contributed by atoms with Crippen molar-refractivity contribution in [3.05, 3.63) is 54.6 Å². The number of likely N-dealkylation sites (tertiary alicyclic amines) is 1. The molecule has 3 unspecified atom stereocenters. The summed E-state index contributed by atoms with van der Waals surface area (Å²) in [4.78, 5) is 45.7. The van der Waals surface area contributed by atoms with E-state index in [1.54, 1.807) is 40.2 Å². The Morgan fingerprint density at radius 2 is 1.93 bits per heavy atom. The molecule has 0 aliphatic carbocycles. The Hall–Kier alpha value is -2.68. The summed E-state index contributed by atoms with van der Waals surface area (Å²) in [7, 11) is 0. The lowest BCUT2D eigenvalue weighted by atomic mass is 9.62.